The van der Waals surface area contributed by atoms with E-state index in [1.165, 1.54) is 55.5 Å². The Morgan fingerprint density at radius 2 is 1.68 bits per heavy atom. The van der Waals surface area contributed by atoms with Gasteiger partial charge in [0.15, 0.2) is 0 Å². The molecule has 37 heavy (non-hydrogen) atoms. The summed E-state index contributed by atoms with van der Waals surface area (Å²) in [5, 5.41) is 2.99. The molecule has 3 aromatic rings. The van der Waals surface area contributed by atoms with Crippen molar-refractivity contribution in [3.05, 3.63) is 88.9 Å². The number of likely N-dealkylation sites (N-methyl/N-ethyl adjacent to an activating group) is 1. The number of rotatable bonds is 10. The Hall–Kier alpha value is -3.56. The molecule has 3 rings (SSSR count). The number of sulfonamides is 1. The third-order valence-corrected chi connectivity index (χ3v) is 7.93. The van der Waals surface area contributed by atoms with Gasteiger partial charge in [0, 0.05) is 18.6 Å². The number of amides is 2. The highest BCUT2D eigenvalue weighted by molar-refractivity contribution is 7.92. The maximum absolute atomic E-state index is 13.7. The van der Waals surface area contributed by atoms with Crippen molar-refractivity contribution in [1.82, 2.24) is 10.2 Å². The lowest BCUT2D eigenvalue weighted by molar-refractivity contribution is -0.139. The van der Waals surface area contributed by atoms with Crippen molar-refractivity contribution < 1.29 is 22.7 Å². The molecule has 0 spiro atoms. The molecule has 0 saturated heterocycles. The second-order valence-corrected chi connectivity index (χ2v) is 10.8. The zero-order valence-electron chi connectivity index (χ0n) is 21.1. The van der Waals surface area contributed by atoms with Gasteiger partial charge in [-0.2, -0.15) is 0 Å². The number of methoxy groups -OCH3 is 1. The van der Waals surface area contributed by atoms with Crippen LogP contribution in [0.2, 0.25) is 5.02 Å². The molecule has 196 valence electrons. The third-order valence-electron chi connectivity index (χ3n) is 5.89. The van der Waals surface area contributed by atoms with E-state index in [1.807, 2.05) is 31.2 Å². The smallest absolute Gasteiger partial charge is 0.264 e. The van der Waals surface area contributed by atoms with E-state index in [-0.39, 0.29) is 23.0 Å². The van der Waals surface area contributed by atoms with E-state index in [2.05, 4.69) is 5.32 Å². The molecule has 0 unspecified atom stereocenters. The molecule has 2 amide bonds. The predicted molar refractivity (Wildman–Crippen MR) is 144 cm³/mol. The minimum atomic E-state index is -4.16. The van der Waals surface area contributed by atoms with Crippen LogP contribution >= 0.6 is 11.6 Å². The fourth-order valence-electron chi connectivity index (χ4n) is 3.81. The van der Waals surface area contributed by atoms with Gasteiger partial charge in [0.2, 0.25) is 11.8 Å². The molecule has 0 aliphatic carbocycles. The number of hydrogen-bond acceptors (Lipinski definition) is 5. The predicted octanol–water partition coefficient (Wildman–Crippen LogP) is 4.02. The van der Waals surface area contributed by atoms with E-state index in [0.717, 1.165) is 15.4 Å². The fraction of sp³-hybridized carbons (Fsp3) is 0.259. The summed E-state index contributed by atoms with van der Waals surface area (Å²) in [5.41, 5.74) is 2.08. The monoisotopic (exact) mass is 543 g/mol. The zero-order chi connectivity index (χ0) is 27.2. The molecular weight excluding hydrogens is 514 g/mol. The molecule has 0 aliphatic heterocycles. The second kappa shape index (κ2) is 12.1. The summed E-state index contributed by atoms with van der Waals surface area (Å²) < 4.78 is 33.6. The number of carbonyl (C=O) groups is 2. The first kappa shape index (κ1) is 28.0. The number of nitrogens with zero attached hydrogens (tertiary/aromatic N) is 2. The van der Waals surface area contributed by atoms with Crippen molar-refractivity contribution in [3.63, 3.8) is 0 Å². The molecule has 3 aromatic carbocycles. The Bertz CT molecular complexity index is 1350. The molecular formula is C27H30ClN3O5S. The first-order chi connectivity index (χ1) is 17.6. The summed E-state index contributed by atoms with van der Waals surface area (Å²) >= 11 is 6.03. The van der Waals surface area contributed by atoms with Crippen molar-refractivity contribution in [2.75, 3.05) is 25.0 Å². The highest BCUT2D eigenvalue weighted by Crippen LogP contribution is 2.27. The van der Waals surface area contributed by atoms with Gasteiger partial charge in [0.05, 0.1) is 17.7 Å². The summed E-state index contributed by atoms with van der Waals surface area (Å²) in [6.07, 6.45) is 0. The molecule has 1 N–H and O–H groups in total. The lowest BCUT2D eigenvalue weighted by atomic mass is 10.1. The van der Waals surface area contributed by atoms with Crippen LogP contribution in [0.4, 0.5) is 5.69 Å². The van der Waals surface area contributed by atoms with Crippen LogP contribution in [0, 0.1) is 6.92 Å². The van der Waals surface area contributed by atoms with Gasteiger partial charge in [-0.15, -0.1) is 0 Å². The molecule has 0 heterocycles. The van der Waals surface area contributed by atoms with Gasteiger partial charge in [0.1, 0.15) is 18.3 Å². The van der Waals surface area contributed by atoms with Crippen LogP contribution < -0.4 is 14.4 Å². The van der Waals surface area contributed by atoms with E-state index in [0.29, 0.717) is 10.8 Å². The van der Waals surface area contributed by atoms with E-state index in [1.54, 1.807) is 19.1 Å². The normalized spacial score (nSPS) is 11.9. The first-order valence-corrected chi connectivity index (χ1v) is 13.4. The number of hydrogen-bond donors (Lipinski definition) is 1. The van der Waals surface area contributed by atoms with Crippen molar-refractivity contribution in [3.8, 4) is 5.75 Å². The molecule has 0 aromatic heterocycles. The third kappa shape index (κ3) is 6.81. The van der Waals surface area contributed by atoms with Crippen LogP contribution in [0.5, 0.6) is 5.75 Å². The van der Waals surface area contributed by atoms with E-state index in [9.17, 15) is 18.0 Å². The van der Waals surface area contributed by atoms with Gasteiger partial charge in [-0.25, -0.2) is 8.42 Å². The lowest BCUT2D eigenvalue weighted by Gasteiger charge is -2.31. The minimum absolute atomic E-state index is 0.0133. The number of halogens is 1. The quantitative estimate of drug-likeness (QED) is 0.417. The summed E-state index contributed by atoms with van der Waals surface area (Å²) in [7, 11) is -1.19. The average molecular weight is 544 g/mol. The molecule has 0 radical (unpaired) electrons. The molecule has 10 heteroatoms. The zero-order valence-corrected chi connectivity index (χ0v) is 22.7. The van der Waals surface area contributed by atoms with Crippen molar-refractivity contribution >= 4 is 39.1 Å². The number of aryl methyl sites for hydroxylation is 1. The van der Waals surface area contributed by atoms with Crippen LogP contribution in [-0.4, -0.2) is 51.9 Å². The van der Waals surface area contributed by atoms with Crippen LogP contribution in [0.25, 0.3) is 0 Å². The Morgan fingerprint density at radius 1 is 1.03 bits per heavy atom. The van der Waals surface area contributed by atoms with Gasteiger partial charge in [-0.1, -0.05) is 41.4 Å². The van der Waals surface area contributed by atoms with Crippen LogP contribution in [0.1, 0.15) is 18.1 Å². The van der Waals surface area contributed by atoms with E-state index in [4.69, 9.17) is 16.3 Å². The molecule has 0 bridgehead atoms. The standard InChI is InChI=1S/C27H30ClN3O5S/c1-19-6-5-7-21(16-19)17-30(20(2)27(33)29-3)26(32)18-31(23-10-8-22(28)9-11-23)37(34,35)25-14-12-24(36-4)13-15-25/h5-16,20H,17-18H2,1-4H3,(H,29,33)/t20-/m1/s1. The Morgan fingerprint density at radius 3 is 2.24 bits per heavy atom. The first-order valence-electron chi connectivity index (χ1n) is 11.6. The summed E-state index contributed by atoms with van der Waals surface area (Å²) in [5.74, 6) is -0.404. The highest BCUT2D eigenvalue weighted by atomic mass is 35.5. The molecule has 8 nitrogen and oxygen atoms in total. The van der Waals surface area contributed by atoms with Crippen molar-refractivity contribution in [2.24, 2.45) is 0 Å². The summed E-state index contributed by atoms with van der Waals surface area (Å²) in [4.78, 5) is 27.6. The molecule has 0 saturated carbocycles. The largest absolute Gasteiger partial charge is 0.497 e. The van der Waals surface area contributed by atoms with Gasteiger partial charge >= 0.3 is 0 Å². The maximum Gasteiger partial charge on any atom is 0.264 e. The average Bonchev–Trinajstić information content (AvgIpc) is 2.90. The van der Waals surface area contributed by atoms with Gasteiger partial charge in [0.25, 0.3) is 10.0 Å². The topological polar surface area (TPSA) is 96.0 Å². The van der Waals surface area contributed by atoms with Crippen LogP contribution in [-0.2, 0) is 26.2 Å². The Balaban J connectivity index is 2.02. The van der Waals surface area contributed by atoms with Crippen molar-refractivity contribution in [1.29, 1.82) is 0 Å². The second-order valence-electron chi connectivity index (χ2n) is 8.46. The SMILES string of the molecule is CNC(=O)[C@@H](C)N(Cc1cccc(C)c1)C(=O)CN(c1ccc(Cl)cc1)S(=O)(=O)c1ccc(OC)cc1. The fourth-order valence-corrected chi connectivity index (χ4v) is 5.35. The summed E-state index contributed by atoms with van der Waals surface area (Å²) in [6, 6.07) is 18.8. The van der Waals surface area contributed by atoms with E-state index >= 15 is 0 Å². The minimum Gasteiger partial charge on any atom is -0.497 e. The molecule has 1 atom stereocenters. The number of benzene rings is 3. The van der Waals surface area contributed by atoms with E-state index < -0.39 is 28.5 Å². The maximum atomic E-state index is 13.7. The van der Waals surface area contributed by atoms with Crippen LogP contribution in [0.15, 0.2) is 77.7 Å². The van der Waals surface area contributed by atoms with Crippen LogP contribution in [0.3, 0.4) is 0 Å². The van der Waals surface area contributed by atoms with Crippen molar-refractivity contribution in [2.45, 2.75) is 31.3 Å². The number of ether oxygens (including phenoxy) is 1. The molecule has 0 aliphatic rings. The Labute approximate surface area is 222 Å². The summed E-state index contributed by atoms with van der Waals surface area (Å²) in [6.45, 7) is 3.15. The number of anilines is 1. The van der Waals surface area contributed by atoms with Gasteiger partial charge < -0.3 is 15.0 Å². The molecule has 0 fully saturated rings. The van der Waals surface area contributed by atoms with Gasteiger partial charge in [-0.05, 0) is 67.9 Å². The lowest BCUT2D eigenvalue weighted by Crippen LogP contribution is -2.50. The van der Waals surface area contributed by atoms with Gasteiger partial charge in [-0.3, -0.25) is 13.9 Å². The highest BCUT2D eigenvalue weighted by Gasteiger charge is 2.32. The number of carbonyl (C=O) groups excluding carboxylic acids is 2. The number of nitrogens with one attached hydrogen (secondary N) is 1. The Kier molecular flexibility index (Phi) is 9.18.